The van der Waals surface area contributed by atoms with Crippen molar-refractivity contribution in [2.75, 3.05) is 32.4 Å². The lowest BCUT2D eigenvalue weighted by molar-refractivity contribution is -0.141. The minimum atomic E-state index is -4.76. The molecule has 0 unspecified atom stereocenters. The van der Waals surface area contributed by atoms with E-state index in [4.69, 9.17) is 0 Å². The van der Waals surface area contributed by atoms with Crippen LogP contribution in [0.3, 0.4) is 0 Å². The molecular weight excluding hydrogens is 421 g/mol. The van der Waals surface area contributed by atoms with Gasteiger partial charge in [0.2, 0.25) is 10.0 Å². The fraction of sp³-hybridized carbons (Fsp3) is 0.579. The summed E-state index contributed by atoms with van der Waals surface area (Å²) in [5.74, 6) is -0.708. The zero-order chi connectivity index (χ0) is 22.3. The summed E-state index contributed by atoms with van der Waals surface area (Å²) in [6, 6.07) is 3.27. The quantitative estimate of drug-likeness (QED) is 0.708. The molecule has 0 N–H and O–H groups in total. The highest BCUT2D eigenvalue weighted by molar-refractivity contribution is 7.88. The molecule has 0 atom stereocenters. The van der Waals surface area contributed by atoms with Crippen LogP contribution in [-0.2, 0) is 16.2 Å². The van der Waals surface area contributed by atoms with Gasteiger partial charge >= 0.3 is 6.18 Å². The molecule has 0 aromatic carbocycles. The summed E-state index contributed by atoms with van der Waals surface area (Å²) in [6.07, 6.45) is -1.05. The van der Waals surface area contributed by atoms with Crippen molar-refractivity contribution in [3.05, 3.63) is 35.2 Å². The molecule has 1 aliphatic rings. The number of aromatic nitrogens is 2. The summed E-state index contributed by atoms with van der Waals surface area (Å²) in [5, 5.41) is 3.64. The summed E-state index contributed by atoms with van der Waals surface area (Å²) in [7, 11) is -3.27. The van der Waals surface area contributed by atoms with Crippen LogP contribution in [0, 0.1) is 0 Å². The summed E-state index contributed by atoms with van der Waals surface area (Å²) in [4.78, 5) is 14.2. The lowest BCUT2D eigenvalue weighted by Crippen LogP contribution is -2.37. The van der Waals surface area contributed by atoms with Crippen LogP contribution in [0.25, 0.3) is 5.52 Å². The van der Waals surface area contributed by atoms with Gasteiger partial charge in [-0.15, -0.1) is 0 Å². The Morgan fingerprint density at radius 1 is 1.23 bits per heavy atom. The van der Waals surface area contributed by atoms with Crippen molar-refractivity contribution >= 4 is 21.4 Å². The average molecular weight is 446 g/mol. The molecule has 11 heteroatoms. The lowest BCUT2D eigenvalue weighted by Gasteiger charge is -2.30. The maximum Gasteiger partial charge on any atom is 0.436 e. The van der Waals surface area contributed by atoms with Gasteiger partial charge in [-0.3, -0.25) is 4.79 Å². The number of pyridine rings is 1. The van der Waals surface area contributed by atoms with E-state index in [9.17, 15) is 26.4 Å². The molecule has 3 rings (SSSR count). The zero-order valence-corrected chi connectivity index (χ0v) is 17.9. The summed E-state index contributed by atoms with van der Waals surface area (Å²) in [6.45, 7) is 4.70. The van der Waals surface area contributed by atoms with Crippen molar-refractivity contribution in [3.8, 4) is 0 Å². The minimum absolute atomic E-state index is 0.00589. The Bertz CT molecular complexity index is 1040. The number of fused-ring (bicyclic) bond motifs is 1. The second-order valence-electron chi connectivity index (χ2n) is 7.43. The molecule has 1 amide bonds. The molecule has 2 aromatic heterocycles. The number of amides is 1. The molecular formula is C19H25F3N4O3S. The number of piperidine rings is 1. The first-order valence-corrected chi connectivity index (χ1v) is 11.7. The zero-order valence-electron chi connectivity index (χ0n) is 17.1. The van der Waals surface area contributed by atoms with Gasteiger partial charge in [-0.05, 0) is 50.3 Å². The summed E-state index contributed by atoms with van der Waals surface area (Å²) >= 11 is 0. The molecule has 3 heterocycles. The van der Waals surface area contributed by atoms with E-state index in [0.717, 1.165) is 16.3 Å². The van der Waals surface area contributed by atoms with Crippen molar-refractivity contribution < 1.29 is 26.4 Å². The average Bonchev–Trinajstić information content (AvgIpc) is 3.07. The number of carbonyl (C=O) groups excluding carboxylic acids is 1. The van der Waals surface area contributed by atoms with E-state index >= 15 is 0 Å². The van der Waals surface area contributed by atoms with Crippen LogP contribution in [0.15, 0.2) is 18.3 Å². The van der Waals surface area contributed by atoms with E-state index in [-0.39, 0.29) is 24.5 Å². The van der Waals surface area contributed by atoms with Crippen molar-refractivity contribution in [1.29, 1.82) is 0 Å². The number of halogens is 3. The molecule has 30 heavy (non-hydrogen) atoms. The Morgan fingerprint density at radius 2 is 1.83 bits per heavy atom. The predicted octanol–water partition coefficient (Wildman–Crippen LogP) is 2.97. The number of rotatable bonds is 5. The van der Waals surface area contributed by atoms with Crippen molar-refractivity contribution in [1.82, 2.24) is 18.8 Å². The summed E-state index contributed by atoms with van der Waals surface area (Å²) in [5.41, 5.74) is -0.745. The molecule has 0 bridgehead atoms. The van der Waals surface area contributed by atoms with Crippen LogP contribution in [-0.4, -0.2) is 65.6 Å². The highest BCUT2D eigenvalue weighted by atomic mass is 32.2. The third-order valence-corrected chi connectivity index (χ3v) is 6.89. The predicted molar refractivity (Wildman–Crippen MR) is 106 cm³/mol. The smallest absolute Gasteiger partial charge is 0.339 e. The highest BCUT2D eigenvalue weighted by Crippen LogP contribution is 2.36. The van der Waals surface area contributed by atoms with Gasteiger partial charge in [0.05, 0.1) is 17.3 Å². The molecule has 0 radical (unpaired) electrons. The molecule has 166 valence electrons. The Hall–Kier alpha value is -2.14. The van der Waals surface area contributed by atoms with Crippen LogP contribution in [0.1, 0.15) is 54.2 Å². The van der Waals surface area contributed by atoms with E-state index in [2.05, 4.69) is 5.10 Å². The number of hydrogen-bond donors (Lipinski definition) is 0. The second-order valence-corrected chi connectivity index (χ2v) is 9.41. The van der Waals surface area contributed by atoms with Crippen molar-refractivity contribution in [2.24, 2.45) is 0 Å². The van der Waals surface area contributed by atoms with Gasteiger partial charge in [-0.1, -0.05) is 0 Å². The summed E-state index contributed by atoms with van der Waals surface area (Å²) < 4.78 is 66.8. The number of sulfonamides is 1. The third-order valence-electron chi connectivity index (χ3n) is 5.59. The maximum atomic E-state index is 13.6. The Morgan fingerprint density at radius 3 is 2.33 bits per heavy atom. The number of carbonyl (C=O) groups is 1. The fourth-order valence-corrected chi connectivity index (χ4v) is 4.79. The lowest BCUT2D eigenvalue weighted by atomic mass is 9.90. The van der Waals surface area contributed by atoms with Crippen molar-refractivity contribution in [3.63, 3.8) is 0 Å². The monoisotopic (exact) mass is 446 g/mol. The van der Waals surface area contributed by atoms with Gasteiger partial charge in [-0.25, -0.2) is 17.2 Å². The van der Waals surface area contributed by atoms with Gasteiger partial charge in [0.15, 0.2) is 5.69 Å². The molecule has 0 saturated carbocycles. The number of hydrogen-bond acceptors (Lipinski definition) is 4. The second kappa shape index (κ2) is 8.18. The molecule has 0 spiro atoms. The number of alkyl halides is 3. The van der Waals surface area contributed by atoms with Gasteiger partial charge in [-0.2, -0.15) is 18.3 Å². The fourth-order valence-electron chi connectivity index (χ4n) is 3.91. The van der Waals surface area contributed by atoms with Crippen LogP contribution in [0.4, 0.5) is 13.2 Å². The van der Waals surface area contributed by atoms with Crippen LogP contribution >= 0.6 is 0 Å². The number of nitrogens with zero attached hydrogens (tertiary/aromatic N) is 4. The van der Waals surface area contributed by atoms with Gasteiger partial charge in [0.1, 0.15) is 0 Å². The molecule has 1 aliphatic heterocycles. The molecule has 1 saturated heterocycles. The van der Waals surface area contributed by atoms with Crippen LogP contribution in [0.2, 0.25) is 0 Å². The SMILES string of the molecule is CCN(CC)C(=O)c1c(C(F)(F)F)nn2ccc(C3CCN(S(C)(=O)=O)CC3)cc12. The Kier molecular flexibility index (Phi) is 6.15. The van der Waals surface area contributed by atoms with Crippen molar-refractivity contribution in [2.45, 2.75) is 38.8 Å². The standard InChI is InChI=1S/C19H25F3N4O3S/c1-4-24(5-2)18(27)16-15-12-14(8-11-26(15)23-17(16)19(20,21)22)13-6-9-25(10-7-13)30(3,28)29/h8,11-13H,4-7,9-10H2,1-3H3. The topological polar surface area (TPSA) is 75.0 Å². The first kappa shape index (κ1) is 22.5. The van der Waals surface area contributed by atoms with Gasteiger partial charge in [0.25, 0.3) is 5.91 Å². The largest absolute Gasteiger partial charge is 0.436 e. The van der Waals surface area contributed by atoms with Crippen LogP contribution in [0.5, 0.6) is 0 Å². The Balaban J connectivity index is 2.03. The minimum Gasteiger partial charge on any atom is -0.339 e. The van der Waals surface area contributed by atoms with E-state index in [1.165, 1.54) is 15.4 Å². The van der Waals surface area contributed by atoms with E-state index in [1.807, 2.05) is 0 Å². The normalized spacial score (nSPS) is 16.9. The maximum absolute atomic E-state index is 13.6. The first-order chi connectivity index (χ1) is 14.0. The molecule has 1 fully saturated rings. The third kappa shape index (κ3) is 4.31. The van der Waals surface area contributed by atoms with Crippen LogP contribution < -0.4 is 0 Å². The van der Waals surface area contributed by atoms with E-state index < -0.39 is 33.4 Å². The molecule has 2 aromatic rings. The van der Waals surface area contributed by atoms with Gasteiger partial charge < -0.3 is 4.90 Å². The first-order valence-electron chi connectivity index (χ1n) is 9.81. The molecule has 0 aliphatic carbocycles. The van der Waals surface area contributed by atoms with Gasteiger partial charge in [0, 0.05) is 32.4 Å². The van der Waals surface area contributed by atoms with E-state index in [0.29, 0.717) is 25.9 Å². The Labute approximate surface area is 173 Å². The highest BCUT2D eigenvalue weighted by Gasteiger charge is 2.41. The molecule has 7 nitrogen and oxygen atoms in total. The van der Waals surface area contributed by atoms with E-state index in [1.54, 1.807) is 26.0 Å².